The molecule has 0 unspecified atom stereocenters. The van der Waals surface area contributed by atoms with Crippen LogP contribution in [0.15, 0.2) is 53.4 Å². The third kappa shape index (κ3) is 5.22. The van der Waals surface area contributed by atoms with Crippen LogP contribution in [0.1, 0.15) is 30.1 Å². The minimum absolute atomic E-state index is 0.0779. The number of anilines is 1. The lowest BCUT2D eigenvalue weighted by Crippen LogP contribution is -2.20. The molecule has 1 N–H and O–H groups in total. The van der Waals surface area contributed by atoms with E-state index in [-0.39, 0.29) is 11.5 Å². The number of Topliss-reactive ketones (excluding diaryl/α,β-unsaturated/α-hetero) is 1. The second-order valence-corrected chi connectivity index (χ2v) is 7.00. The molecule has 0 aliphatic heterocycles. The third-order valence-electron chi connectivity index (χ3n) is 3.30. The van der Waals surface area contributed by atoms with Crippen LogP contribution in [0.4, 0.5) is 18.9 Å². The number of hydrogen-bond acceptors (Lipinski definition) is 4. The first-order valence-corrected chi connectivity index (χ1v) is 9.11. The van der Waals surface area contributed by atoms with Crippen molar-refractivity contribution in [3.05, 3.63) is 54.1 Å². The van der Waals surface area contributed by atoms with E-state index in [1.807, 2.05) is 6.92 Å². The van der Waals surface area contributed by atoms with Gasteiger partial charge in [-0.1, -0.05) is 19.1 Å². The van der Waals surface area contributed by atoms with Crippen molar-refractivity contribution in [1.29, 1.82) is 0 Å². The Bertz CT molecular complexity index is 878. The molecule has 0 fully saturated rings. The zero-order valence-electron chi connectivity index (χ0n) is 13.7. The largest absolute Gasteiger partial charge is 0.573 e. The standard InChI is InChI=1S/C17H16F3NO4S/c1-2-5-14(22)12-8-10-13(11-9-12)21-26(23,24)16-7-4-3-6-15(16)25-17(18,19)20/h3-4,6-11,21H,2,5H2,1H3. The quantitative estimate of drug-likeness (QED) is 0.716. The minimum atomic E-state index is -5.02. The summed E-state index contributed by atoms with van der Waals surface area (Å²) in [5.41, 5.74) is 0.537. The summed E-state index contributed by atoms with van der Waals surface area (Å²) in [5.74, 6) is -0.909. The molecule has 0 saturated heterocycles. The van der Waals surface area contributed by atoms with E-state index >= 15 is 0 Å². The highest BCUT2D eigenvalue weighted by atomic mass is 32.2. The monoisotopic (exact) mass is 387 g/mol. The van der Waals surface area contributed by atoms with Crippen molar-refractivity contribution in [2.45, 2.75) is 31.0 Å². The van der Waals surface area contributed by atoms with E-state index < -0.39 is 27.0 Å². The van der Waals surface area contributed by atoms with Crippen LogP contribution in [-0.4, -0.2) is 20.6 Å². The normalized spacial score (nSPS) is 11.8. The first-order valence-electron chi connectivity index (χ1n) is 7.63. The summed E-state index contributed by atoms with van der Waals surface area (Å²) < 4.78 is 68.1. The number of hydrogen-bond donors (Lipinski definition) is 1. The van der Waals surface area contributed by atoms with Gasteiger partial charge in [0.05, 0.1) is 0 Å². The second kappa shape index (κ2) is 7.77. The van der Waals surface area contributed by atoms with Crippen molar-refractivity contribution in [3.8, 4) is 5.75 Å². The number of alkyl halides is 3. The molecular formula is C17H16F3NO4S. The molecular weight excluding hydrogens is 371 g/mol. The number of benzene rings is 2. The number of carbonyl (C=O) groups is 1. The topological polar surface area (TPSA) is 72.5 Å². The summed E-state index contributed by atoms with van der Waals surface area (Å²) in [7, 11) is -4.32. The van der Waals surface area contributed by atoms with E-state index in [1.165, 1.54) is 36.4 Å². The lowest BCUT2D eigenvalue weighted by Gasteiger charge is -2.14. The molecule has 2 aromatic carbocycles. The molecule has 0 radical (unpaired) electrons. The number of carbonyl (C=O) groups excluding carboxylic acids is 1. The first kappa shape index (κ1) is 19.8. The Morgan fingerprint density at radius 3 is 2.27 bits per heavy atom. The van der Waals surface area contributed by atoms with Crippen LogP contribution >= 0.6 is 0 Å². The average molecular weight is 387 g/mol. The lowest BCUT2D eigenvalue weighted by atomic mass is 10.1. The van der Waals surface area contributed by atoms with Gasteiger partial charge in [-0.2, -0.15) is 0 Å². The molecule has 0 amide bonds. The van der Waals surface area contributed by atoms with Crippen LogP contribution in [0.3, 0.4) is 0 Å². The Kier molecular flexibility index (Phi) is 5.91. The smallest absolute Gasteiger partial charge is 0.404 e. The highest BCUT2D eigenvalue weighted by Gasteiger charge is 2.34. The third-order valence-corrected chi connectivity index (χ3v) is 4.72. The van der Waals surface area contributed by atoms with Crippen molar-refractivity contribution in [2.75, 3.05) is 4.72 Å². The second-order valence-electron chi connectivity index (χ2n) is 5.35. The molecule has 0 aromatic heterocycles. The van der Waals surface area contributed by atoms with Crippen molar-refractivity contribution < 1.29 is 31.1 Å². The molecule has 5 nitrogen and oxygen atoms in total. The highest BCUT2D eigenvalue weighted by molar-refractivity contribution is 7.92. The van der Waals surface area contributed by atoms with Gasteiger partial charge >= 0.3 is 6.36 Å². The molecule has 0 saturated carbocycles. The van der Waals surface area contributed by atoms with Crippen LogP contribution in [0.5, 0.6) is 5.75 Å². The maximum atomic E-state index is 12.4. The van der Waals surface area contributed by atoms with Crippen molar-refractivity contribution >= 4 is 21.5 Å². The fourth-order valence-electron chi connectivity index (χ4n) is 2.19. The SMILES string of the molecule is CCCC(=O)c1ccc(NS(=O)(=O)c2ccccc2OC(F)(F)F)cc1. The van der Waals surface area contributed by atoms with E-state index in [0.717, 1.165) is 12.1 Å². The van der Waals surface area contributed by atoms with Crippen LogP contribution in [0.25, 0.3) is 0 Å². The molecule has 0 aliphatic carbocycles. The fraction of sp³-hybridized carbons (Fsp3) is 0.235. The Morgan fingerprint density at radius 2 is 1.69 bits per heavy atom. The van der Waals surface area contributed by atoms with Crippen LogP contribution in [-0.2, 0) is 10.0 Å². The lowest BCUT2D eigenvalue weighted by molar-refractivity contribution is -0.275. The van der Waals surface area contributed by atoms with E-state index in [2.05, 4.69) is 9.46 Å². The molecule has 0 bridgehead atoms. The molecule has 26 heavy (non-hydrogen) atoms. The molecule has 0 atom stereocenters. The van der Waals surface area contributed by atoms with Crippen molar-refractivity contribution in [1.82, 2.24) is 0 Å². The minimum Gasteiger partial charge on any atom is -0.404 e. The van der Waals surface area contributed by atoms with Gasteiger partial charge in [-0.3, -0.25) is 9.52 Å². The predicted molar refractivity (Wildman–Crippen MR) is 89.6 cm³/mol. The predicted octanol–water partition coefficient (Wildman–Crippen LogP) is 4.37. The first-order chi connectivity index (χ1) is 12.1. The summed E-state index contributed by atoms with van der Waals surface area (Å²) in [5, 5.41) is 0. The number of para-hydroxylation sites is 1. The number of ketones is 1. The van der Waals surface area contributed by atoms with Gasteiger partial charge in [-0.25, -0.2) is 8.42 Å². The van der Waals surface area contributed by atoms with E-state index in [4.69, 9.17) is 0 Å². The molecule has 2 aromatic rings. The van der Waals surface area contributed by atoms with Crippen LogP contribution in [0, 0.1) is 0 Å². The maximum absolute atomic E-state index is 12.4. The molecule has 0 heterocycles. The van der Waals surface area contributed by atoms with Gasteiger partial charge in [-0.15, -0.1) is 13.2 Å². The van der Waals surface area contributed by atoms with Gasteiger partial charge in [-0.05, 0) is 42.8 Å². The van der Waals surface area contributed by atoms with E-state index in [9.17, 15) is 26.4 Å². The van der Waals surface area contributed by atoms with Gasteiger partial charge < -0.3 is 4.74 Å². The zero-order valence-corrected chi connectivity index (χ0v) is 14.5. The number of rotatable bonds is 7. The Morgan fingerprint density at radius 1 is 1.08 bits per heavy atom. The zero-order chi connectivity index (χ0) is 19.4. The number of nitrogens with one attached hydrogen (secondary N) is 1. The summed E-state index contributed by atoms with van der Waals surface area (Å²) >= 11 is 0. The Balaban J connectivity index is 2.25. The summed E-state index contributed by atoms with van der Waals surface area (Å²) in [4.78, 5) is 11.1. The van der Waals surface area contributed by atoms with Gasteiger partial charge in [0, 0.05) is 17.7 Å². The number of ether oxygens (including phenoxy) is 1. The van der Waals surface area contributed by atoms with Crippen molar-refractivity contribution in [3.63, 3.8) is 0 Å². The number of halogens is 3. The molecule has 0 aliphatic rings. The van der Waals surface area contributed by atoms with Gasteiger partial charge in [0.15, 0.2) is 5.78 Å². The van der Waals surface area contributed by atoms with Crippen molar-refractivity contribution in [2.24, 2.45) is 0 Å². The average Bonchev–Trinajstić information content (AvgIpc) is 2.54. The molecule has 2 rings (SSSR count). The molecule has 0 spiro atoms. The van der Waals surface area contributed by atoms with E-state index in [1.54, 1.807) is 0 Å². The maximum Gasteiger partial charge on any atom is 0.573 e. The molecule has 140 valence electrons. The van der Waals surface area contributed by atoms with Crippen LogP contribution in [0.2, 0.25) is 0 Å². The van der Waals surface area contributed by atoms with Gasteiger partial charge in [0.1, 0.15) is 10.6 Å². The summed E-state index contributed by atoms with van der Waals surface area (Å²) in [6.07, 6.45) is -3.97. The van der Waals surface area contributed by atoms with Crippen LogP contribution < -0.4 is 9.46 Å². The Labute approximate surface area is 148 Å². The fourth-order valence-corrected chi connectivity index (χ4v) is 3.38. The number of sulfonamides is 1. The highest BCUT2D eigenvalue weighted by Crippen LogP contribution is 2.30. The van der Waals surface area contributed by atoms with Gasteiger partial charge in [0.25, 0.3) is 10.0 Å². The van der Waals surface area contributed by atoms with E-state index in [0.29, 0.717) is 18.4 Å². The molecule has 9 heteroatoms. The Hall–Kier alpha value is -2.55. The summed E-state index contributed by atoms with van der Waals surface area (Å²) in [6, 6.07) is 10.1. The summed E-state index contributed by atoms with van der Waals surface area (Å²) in [6.45, 7) is 1.86. The van der Waals surface area contributed by atoms with Gasteiger partial charge in [0.2, 0.25) is 0 Å².